The molecule has 210 valence electrons. The van der Waals surface area contributed by atoms with E-state index in [2.05, 4.69) is 21.4 Å². The van der Waals surface area contributed by atoms with E-state index in [1.165, 1.54) is 31.5 Å². The SMILES string of the molecule is CCC/C=C(C#N)\C=N/CN1C(=O)N(c2c(F)c(OC)cc(OC)c2F)Cc2cnc(/C(=C/NC)C(C)=N)cc21. The first-order valence-corrected chi connectivity index (χ1v) is 12.4. The highest BCUT2D eigenvalue weighted by Crippen LogP contribution is 2.41. The summed E-state index contributed by atoms with van der Waals surface area (Å²) in [6.45, 7) is 3.12. The van der Waals surface area contributed by atoms with Gasteiger partial charge in [-0.2, -0.15) is 5.26 Å². The molecule has 0 saturated heterocycles. The molecule has 1 aliphatic heterocycles. The molecule has 0 radical (unpaired) electrons. The number of hydrogen-bond donors (Lipinski definition) is 2. The third-order valence-corrected chi connectivity index (χ3v) is 6.07. The predicted molar refractivity (Wildman–Crippen MR) is 150 cm³/mol. The van der Waals surface area contributed by atoms with Crippen LogP contribution in [0.4, 0.5) is 25.0 Å². The summed E-state index contributed by atoms with van der Waals surface area (Å²) < 4.78 is 40.9. The Kier molecular flexibility index (Phi) is 9.92. The number of rotatable bonds is 11. The topological polar surface area (TPSA) is 127 Å². The number of carbonyl (C=O) groups excluding carboxylic acids is 1. The molecule has 1 aliphatic rings. The molecule has 0 atom stereocenters. The number of carbonyl (C=O) groups is 1. The molecule has 0 unspecified atom stereocenters. The summed E-state index contributed by atoms with van der Waals surface area (Å²) in [5.41, 5.74) is 1.71. The van der Waals surface area contributed by atoms with Crippen LogP contribution in [-0.4, -0.2) is 50.9 Å². The number of amides is 2. The van der Waals surface area contributed by atoms with Crippen molar-refractivity contribution in [1.29, 1.82) is 10.7 Å². The van der Waals surface area contributed by atoms with E-state index < -0.39 is 23.4 Å². The summed E-state index contributed by atoms with van der Waals surface area (Å²) >= 11 is 0. The van der Waals surface area contributed by atoms with Crippen LogP contribution in [0.25, 0.3) is 5.57 Å². The number of anilines is 2. The standard InChI is InChI=1S/C28H31F2N7O3/c1-6-7-8-18(11-31)12-34-16-37-22-9-21(20(14-33-3)17(2)32)35-13-19(22)15-36(28(37)38)27-25(29)23(39-4)10-24(40-5)26(27)30/h8-10,12-14,32-33H,6-7,15-16H2,1-5H3/b18-8-,20-14+,32-17?,34-12-. The molecule has 0 bridgehead atoms. The Morgan fingerprint density at radius 2 is 1.95 bits per heavy atom. The first-order chi connectivity index (χ1) is 19.2. The Morgan fingerprint density at radius 1 is 1.27 bits per heavy atom. The van der Waals surface area contributed by atoms with Crippen molar-refractivity contribution in [2.75, 3.05) is 37.7 Å². The number of urea groups is 1. The molecule has 2 amide bonds. The van der Waals surface area contributed by atoms with Gasteiger partial charge in [-0.15, -0.1) is 0 Å². The molecule has 3 rings (SSSR count). The molecular formula is C28H31F2N7O3. The lowest BCUT2D eigenvalue weighted by atomic mass is 10.0. The number of pyridine rings is 1. The van der Waals surface area contributed by atoms with Crippen molar-refractivity contribution in [3.8, 4) is 17.6 Å². The number of allylic oxidation sites excluding steroid dienone is 3. The van der Waals surface area contributed by atoms with Gasteiger partial charge in [-0.25, -0.2) is 13.6 Å². The van der Waals surface area contributed by atoms with Crippen LogP contribution in [0.1, 0.15) is 37.9 Å². The number of methoxy groups -OCH3 is 2. The maximum Gasteiger partial charge on any atom is 0.331 e. The lowest BCUT2D eigenvalue weighted by Crippen LogP contribution is -2.48. The second kappa shape index (κ2) is 13.3. The van der Waals surface area contributed by atoms with Gasteiger partial charge in [0.1, 0.15) is 18.4 Å². The van der Waals surface area contributed by atoms with Crippen molar-refractivity contribution in [2.45, 2.75) is 33.2 Å². The summed E-state index contributed by atoms with van der Waals surface area (Å²) in [5, 5.41) is 20.4. The average Bonchev–Trinajstić information content (AvgIpc) is 2.94. The average molecular weight is 552 g/mol. The smallest absolute Gasteiger partial charge is 0.331 e. The number of aliphatic imine (C=N–C) groups is 1. The van der Waals surface area contributed by atoms with Crippen LogP contribution in [0.15, 0.2) is 41.2 Å². The minimum Gasteiger partial charge on any atom is -0.493 e. The van der Waals surface area contributed by atoms with Crippen LogP contribution in [0.2, 0.25) is 0 Å². The van der Waals surface area contributed by atoms with Crippen LogP contribution in [-0.2, 0) is 6.54 Å². The Bertz CT molecular complexity index is 1400. The third kappa shape index (κ3) is 6.09. The third-order valence-electron chi connectivity index (χ3n) is 6.07. The van der Waals surface area contributed by atoms with E-state index in [0.29, 0.717) is 34.5 Å². The number of benzene rings is 1. The van der Waals surface area contributed by atoms with Gasteiger partial charge in [0, 0.05) is 48.6 Å². The maximum atomic E-state index is 15.4. The fourth-order valence-corrected chi connectivity index (χ4v) is 4.07. The normalized spacial score (nSPS) is 13.8. The number of fused-ring (bicyclic) bond motifs is 1. The molecule has 2 aromatic rings. The van der Waals surface area contributed by atoms with E-state index in [4.69, 9.17) is 14.9 Å². The number of unbranched alkanes of at least 4 members (excludes halogenated alkanes) is 1. The first kappa shape index (κ1) is 29.8. The first-order valence-electron chi connectivity index (χ1n) is 12.4. The minimum atomic E-state index is -1.07. The number of aromatic nitrogens is 1. The Morgan fingerprint density at radius 3 is 2.50 bits per heavy atom. The zero-order valence-electron chi connectivity index (χ0n) is 23.0. The Hall–Kier alpha value is -4.79. The number of nitrogens with one attached hydrogen (secondary N) is 2. The number of halogens is 2. The number of nitriles is 1. The van der Waals surface area contributed by atoms with E-state index in [-0.39, 0.29) is 30.4 Å². The Balaban J connectivity index is 2.18. The van der Waals surface area contributed by atoms with Crippen LogP contribution in [0.5, 0.6) is 11.5 Å². The summed E-state index contributed by atoms with van der Waals surface area (Å²) in [5.74, 6) is -2.74. The zero-order valence-corrected chi connectivity index (χ0v) is 23.0. The van der Waals surface area contributed by atoms with Gasteiger partial charge in [0.2, 0.25) is 0 Å². The molecule has 10 nitrogen and oxygen atoms in total. The second-order valence-corrected chi connectivity index (χ2v) is 8.74. The quantitative estimate of drug-likeness (QED) is 0.292. The van der Waals surface area contributed by atoms with E-state index in [1.807, 2.05) is 6.92 Å². The maximum absolute atomic E-state index is 15.4. The summed E-state index contributed by atoms with van der Waals surface area (Å²) in [4.78, 5) is 24.7. The van der Waals surface area contributed by atoms with Crippen LogP contribution < -0.4 is 24.6 Å². The number of hydrogen-bond acceptors (Lipinski definition) is 8. The summed E-state index contributed by atoms with van der Waals surface area (Å²) in [6, 6.07) is 3.97. The van der Waals surface area contributed by atoms with Gasteiger partial charge in [0.15, 0.2) is 23.1 Å². The van der Waals surface area contributed by atoms with Gasteiger partial charge >= 0.3 is 6.03 Å². The molecule has 0 spiro atoms. The van der Waals surface area contributed by atoms with Gasteiger partial charge in [-0.3, -0.25) is 19.8 Å². The van der Waals surface area contributed by atoms with E-state index in [0.717, 1.165) is 17.4 Å². The van der Waals surface area contributed by atoms with Crippen molar-refractivity contribution in [3.05, 3.63) is 59.1 Å². The van der Waals surface area contributed by atoms with Gasteiger partial charge in [-0.1, -0.05) is 19.4 Å². The molecule has 40 heavy (non-hydrogen) atoms. The van der Waals surface area contributed by atoms with Crippen LogP contribution >= 0.6 is 0 Å². The fraction of sp³-hybridized carbons (Fsp3) is 0.321. The van der Waals surface area contributed by atoms with E-state index in [9.17, 15) is 10.1 Å². The van der Waals surface area contributed by atoms with Gasteiger partial charge in [0.05, 0.1) is 37.7 Å². The van der Waals surface area contributed by atoms with Gasteiger partial charge < -0.3 is 20.2 Å². The van der Waals surface area contributed by atoms with Crippen molar-refractivity contribution in [2.24, 2.45) is 4.99 Å². The predicted octanol–water partition coefficient (Wildman–Crippen LogP) is 5.20. The van der Waals surface area contributed by atoms with E-state index in [1.54, 1.807) is 32.3 Å². The molecule has 1 aromatic heterocycles. The zero-order chi connectivity index (χ0) is 29.4. The lowest BCUT2D eigenvalue weighted by Gasteiger charge is -2.36. The molecule has 2 N–H and O–H groups in total. The molecule has 0 saturated carbocycles. The fourth-order valence-electron chi connectivity index (χ4n) is 4.07. The van der Waals surface area contributed by atoms with Gasteiger partial charge in [0.25, 0.3) is 0 Å². The van der Waals surface area contributed by atoms with Crippen LogP contribution in [0, 0.1) is 28.4 Å². The monoisotopic (exact) mass is 551 g/mol. The minimum absolute atomic E-state index is 0.208. The van der Waals surface area contributed by atoms with Crippen molar-refractivity contribution >= 4 is 34.9 Å². The molecule has 1 aromatic carbocycles. The van der Waals surface area contributed by atoms with Crippen LogP contribution in [0.3, 0.4) is 0 Å². The molecule has 0 aliphatic carbocycles. The highest BCUT2D eigenvalue weighted by molar-refractivity contribution is 6.20. The van der Waals surface area contributed by atoms with Crippen molar-refractivity contribution < 1.29 is 23.0 Å². The van der Waals surface area contributed by atoms with Crippen molar-refractivity contribution in [3.63, 3.8) is 0 Å². The largest absolute Gasteiger partial charge is 0.493 e. The Labute approximate surface area is 231 Å². The number of ether oxygens (including phenoxy) is 2. The molecule has 12 heteroatoms. The van der Waals surface area contributed by atoms with E-state index >= 15 is 8.78 Å². The molecule has 0 fully saturated rings. The summed E-state index contributed by atoms with van der Waals surface area (Å²) in [6.07, 6.45) is 7.72. The highest BCUT2D eigenvalue weighted by Gasteiger charge is 2.37. The molecule has 2 heterocycles. The lowest BCUT2D eigenvalue weighted by molar-refractivity contribution is 0.249. The molecular weight excluding hydrogens is 520 g/mol. The highest BCUT2D eigenvalue weighted by atomic mass is 19.1. The second-order valence-electron chi connectivity index (χ2n) is 8.74. The number of nitrogens with zero attached hydrogens (tertiary/aromatic N) is 5. The van der Waals surface area contributed by atoms with Gasteiger partial charge in [-0.05, 0) is 19.4 Å². The van der Waals surface area contributed by atoms with Crippen molar-refractivity contribution in [1.82, 2.24) is 10.3 Å². The summed E-state index contributed by atoms with van der Waals surface area (Å²) in [7, 11) is 4.13.